The second-order valence-electron chi connectivity index (χ2n) is 7.76. The summed E-state index contributed by atoms with van der Waals surface area (Å²) in [5.41, 5.74) is 0.999. The Balaban J connectivity index is 0.00000450. The minimum atomic E-state index is -3.38. The van der Waals surface area contributed by atoms with E-state index in [0.717, 1.165) is 37.9 Å². The molecule has 2 rings (SSSR count). The number of guanidine groups is 1. The summed E-state index contributed by atoms with van der Waals surface area (Å²) in [6.45, 7) is 8.27. The van der Waals surface area contributed by atoms with Crippen LogP contribution in [0.15, 0.2) is 34.2 Å². The molecule has 0 bridgehead atoms. The summed E-state index contributed by atoms with van der Waals surface area (Å²) in [5, 5.41) is 6.46. The average molecular weight is 553 g/mol. The largest absolute Gasteiger partial charge is 0.380 e. The number of ether oxygens (including phenoxy) is 1. The molecule has 0 radical (unpaired) electrons. The molecule has 1 heterocycles. The highest BCUT2D eigenvalue weighted by atomic mass is 127. The van der Waals surface area contributed by atoms with Crippen LogP contribution in [0.5, 0.6) is 0 Å². The number of nitrogens with zero attached hydrogens (tertiary/aromatic N) is 2. The Morgan fingerprint density at radius 1 is 1.10 bits per heavy atom. The number of aliphatic imine (C=N–C) groups is 1. The molecule has 2 N–H and O–H groups in total. The van der Waals surface area contributed by atoms with Crippen molar-refractivity contribution in [3.05, 3.63) is 29.8 Å². The number of sulfonamides is 1. The molecule has 1 saturated heterocycles. The van der Waals surface area contributed by atoms with Crippen LogP contribution in [0.2, 0.25) is 0 Å². The normalized spacial score (nSPS) is 15.7. The van der Waals surface area contributed by atoms with Crippen LogP contribution in [-0.4, -0.2) is 58.6 Å². The van der Waals surface area contributed by atoms with Gasteiger partial charge in [-0.3, -0.25) is 4.99 Å². The molecule has 0 saturated carbocycles. The van der Waals surface area contributed by atoms with Gasteiger partial charge in [0.05, 0.1) is 11.5 Å². The fraction of sp³-hybridized carbons (Fsp3) is 0.667. The van der Waals surface area contributed by atoms with Crippen LogP contribution in [0, 0.1) is 5.92 Å². The van der Waals surface area contributed by atoms with Crippen molar-refractivity contribution in [3.63, 3.8) is 0 Å². The van der Waals surface area contributed by atoms with Gasteiger partial charge >= 0.3 is 0 Å². The van der Waals surface area contributed by atoms with Crippen LogP contribution >= 0.6 is 24.0 Å². The van der Waals surface area contributed by atoms with Crippen molar-refractivity contribution in [1.82, 2.24) is 14.9 Å². The number of benzene rings is 1. The Morgan fingerprint density at radius 3 is 2.37 bits per heavy atom. The van der Waals surface area contributed by atoms with E-state index < -0.39 is 10.0 Å². The quantitative estimate of drug-likeness (QED) is 0.202. The van der Waals surface area contributed by atoms with Gasteiger partial charge in [0, 0.05) is 39.8 Å². The van der Waals surface area contributed by atoms with Gasteiger partial charge in [0.2, 0.25) is 10.0 Å². The first-order valence-electron chi connectivity index (χ1n) is 10.5. The molecule has 1 aromatic carbocycles. The lowest BCUT2D eigenvalue weighted by atomic mass is 10.1. The summed E-state index contributed by atoms with van der Waals surface area (Å²) >= 11 is 0. The zero-order valence-corrected chi connectivity index (χ0v) is 21.5. The number of halogens is 1. The monoisotopic (exact) mass is 552 g/mol. The molecule has 0 unspecified atom stereocenters. The molecule has 1 aliphatic rings. The maximum absolute atomic E-state index is 12.7. The first kappa shape index (κ1) is 27.1. The number of piperidine rings is 1. The van der Waals surface area contributed by atoms with Crippen molar-refractivity contribution in [1.29, 1.82) is 0 Å². The summed E-state index contributed by atoms with van der Waals surface area (Å²) in [5.74, 6) is 1.35. The van der Waals surface area contributed by atoms with Crippen molar-refractivity contribution in [2.45, 2.75) is 51.0 Å². The molecule has 0 amide bonds. The van der Waals surface area contributed by atoms with E-state index in [1.807, 2.05) is 12.1 Å². The van der Waals surface area contributed by atoms with Gasteiger partial charge in [0.25, 0.3) is 0 Å². The maximum atomic E-state index is 12.7. The first-order valence-corrected chi connectivity index (χ1v) is 12.0. The number of hydrogen-bond acceptors (Lipinski definition) is 4. The molecular formula is C21H37IN4O3S. The third kappa shape index (κ3) is 9.07. The Hall–Kier alpha value is -0.910. The topological polar surface area (TPSA) is 83.0 Å². The molecule has 7 nitrogen and oxygen atoms in total. The summed E-state index contributed by atoms with van der Waals surface area (Å²) in [6.07, 6.45) is 4.05. The van der Waals surface area contributed by atoms with Crippen LogP contribution in [0.4, 0.5) is 0 Å². The second-order valence-corrected chi connectivity index (χ2v) is 9.69. The second kappa shape index (κ2) is 14.2. The van der Waals surface area contributed by atoms with E-state index in [1.54, 1.807) is 23.5 Å². The van der Waals surface area contributed by atoms with Crippen LogP contribution in [0.1, 0.15) is 45.1 Å². The predicted molar refractivity (Wildman–Crippen MR) is 133 cm³/mol. The van der Waals surface area contributed by atoms with Gasteiger partial charge in [-0.25, -0.2) is 8.42 Å². The fourth-order valence-corrected chi connectivity index (χ4v) is 4.62. The van der Waals surface area contributed by atoms with Crippen molar-refractivity contribution >= 4 is 40.0 Å². The molecule has 1 aromatic rings. The van der Waals surface area contributed by atoms with Gasteiger partial charge < -0.3 is 15.4 Å². The van der Waals surface area contributed by atoms with E-state index in [0.29, 0.717) is 49.6 Å². The highest BCUT2D eigenvalue weighted by molar-refractivity contribution is 14.0. The third-order valence-corrected chi connectivity index (χ3v) is 6.85. The van der Waals surface area contributed by atoms with Gasteiger partial charge in [-0.2, -0.15) is 4.31 Å². The lowest BCUT2D eigenvalue weighted by Gasteiger charge is -2.25. The number of nitrogens with one attached hydrogen (secondary N) is 2. The Morgan fingerprint density at radius 2 is 1.77 bits per heavy atom. The zero-order chi connectivity index (χ0) is 21.1. The van der Waals surface area contributed by atoms with Crippen LogP contribution in [0.3, 0.4) is 0 Å². The molecule has 30 heavy (non-hydrogen) atoms. The molecule has 1 fully saturated rings. The Bertz CT molecular complexity index is 733. The molecule has 0 atom stereocenters. The van der Waals surface area contributed by atoms with Crippen molar-refractivity contribution in [3.8, 4) is 0 Å². The minimum absolute atomic E-state index is 0. The zero-order valence-electron chi connectivity index (χ0n) is 18.4. The van der Waals surface area contributed by atoms with E-state index in [1.165, 1.54) is 0 Å². The first-order chi connectivity index (χ1) is 13.9. The molecule has 0 aliphatic carbocycles. The lowest BCUT2D eigenvalue weighted by Crippen LogP contribution is -2.38. The van der Waals surface area contributed by atoms with E-state index in [4.69, 9.17) is 4.74 Å². The average Bonchev–Trinajstić information content (AvgIpc) is 2.73. The Labute approximate surface area is 199 Å². The summed E-state index contributed by atoms with van der Waals surface area (Å²) in [4.78, 5) is 4.57. The maximum Gasteiger partial charge on any atom is 0.243 e. The standard InChI is InChI=1S/C21H36N4O3S.HI/c1-18(2)11-15-28-16-12-23-21(22-3)24-17-19-7-9-20(10-8-19)29(26,27)25-13-5-4-6-14-25;/h7-10,18H,4-6,11-17H2,1-3H3,(H2,22,23,24);1H. The van der Waals surface area contributed by atoms with Crippen molar-refractivity contribution < 1.29 is 13.2 Å². The SMILES string of the molecule is CN=C(NCCOCCC(C)C)NCc1ccc(S(=O)(=O)N2CCCCC2)cc1.I. The predicted octanol–water partition coefficient (Wildman–Crippen LogP) is 3.21. The van der Waals surface area contributed by atoms with Crippen LogP contribution in [0.25, 0.3) is 0 Å². The van der Waals surface area contributed by atoms with Crippen LogP contribution in [-0.2, 0) is 21.3 Å². The van der Waals surface area contributed by atoms with Gasteiger partial charge in [0.15, 0.2) is 5.96 Å². The van der Waals surface area contributed by atoms with E-state index in [-0.39, 0.29) is 24.0 Å². The number of rotatable bonds is 10. The summed E-state index contributed by atoms with van der Waals surface area (Å²) < 4.78 is 32.6. The molecule has 172 valence electrons. The van der Waals surface area contributed by atoms with E-state index in [9.17, 15) is 8.42 Å². The molecule has 1 aliphatic heterocycles. The summed E-state index contributed by atoms with van der Waals surface area (Å²) in [7, 11) is -1.65. The van der Waals surface area contributed by atoms with Gasteiger partial charge in [-0.05, 0) is 42.9 Å². The van der Waals surface area contributed by atoms with Gasteiger partial charge in [0.1, 0.15) is 0 Å². The Kier molecular flexibility index (Phi) is 12.8. The highest BCUT2D eigenvalue weighted by Crippen LogP contribution is 2.20. The number of hydrogen-bond donors (Lipinski definition) is 2. The van der Waals surface area contributed by atoms with Gasteiger partial charge in [-0.15, -0.1) is 24.0 Å². The fourth-order valence-electron chi connectivity index (χ4n) is 3.10. The molecule has 0 spiro atoms. The third-order valence-electron chi connectivity index (χ3n) is 4.94. The lowest BCUT2D eigenvalue weighted by molar-refractivity contribution is 0.128. The van der Waals surface area contributed by atoms with Crippen LogP contribution < -0.4 is 10.6 Å². The summed E-state index contributed by atoms with van der Waals surface area (Å²) in [6, 6.07) is 7.09. The molecule has 9 heteroatoms. The minimum Gasteiger partial charge on any atom is -0.380 e. The smallest absolute Gasteiger partial charge is 0.243 e. The van der Waals surface area contributed by atoms with Gasteiger partial charge in [-0.1, -0.05) is 32.4 Å². The molecular weight excluding hydrogens is 515 g/mol. The molecule has 0 aromatic heterocycles. The van der Waals surface area contributed by atoms with E-state index >= 15 is 0 Å². The highest BCUT2D eigenvalue weighted by Gasteiger charge is 2.25. The van der Waals surface area contributed by atoms with E-state index in [2.05, 4.69) is 29.5 Å². The van der Waals surface area contributed by atoms with Crippen molar-refractivity contribution in [2.75, 3.05) is 39.9 Å². The van der Waals surface area contributed by atoms with Crippen molar-refractivity contribution in [2.24, 2.45) is 10.9 Å².